The Balaban J connectivity index is 1.35. The zero-order chi connectivity index (χ0) is 31.7. The molecule has 2 N–H and O–H groups in total. The van der Waals surface area contributed by atoms with Gasteiger partial charge in [0.05, 0.1) is 37.4 Å². The van der Waals surface area contributed by atoms with Gasteiger partial charge in [-0.15, -0.1) is 0 Å². The summed E-state index contributed by atoms with van der Waals surface area (Å²) in [6.45, 7) is 2.59. The van der Waals surface area contributed by atoms with Gasteiger partial charge in [0, 0.05) is 40.5 Å². The molecule has 3 amide bonds. The molecule has 2 bridgehead atoms. The average molecular weight is 631 g/mol. The summed E-state index contributed by atoms with van der Waals surface area (Å²) in [7, 11) is 1.34. The first-order valence-corrected chi connectivity index (χ1v) is 15.6. The van der Waals surface area contributed by atoms with Crippen molar-refractivity contribution in [1.82, 2.24) is 9.88 Å². The summed E-state index contributed by atoms with van der Waals surface area (Å²) in [5.74, 6) is -1.47. The third-order valence-corrected chi connectivity index (χ3v) is 9.24. The Kier molecular flexibility index (Phi) is 8.50. The standard InChI is InChI=1S/C34H35ClN4O6/c1-20-5-3-6-25(32(42)39-14-4-12-34(19-39)26-18-23(35)8-10-27(26)38-33(43)45-34)28-17-22(11-13-36-28)24-9-7-21(16-30(40)44-2)15-29(24)37-31(20)41/h7-11,13,15,17-18,20,25H,3-6,12,14,16,19H2,1-2H3,(H,37,41)(H,38,43)/t20-,25+,34-/m0/s1. The van der Waals surface area contributed by atoms with Crippen LogP contribution < -0.4 is 10.6 Å². The highest BCUT2D eigenvalue weighted by Gasteiger charge is 2.47. The van der Waals surface area contributed by atoms with Crippen LogP contribution >= 0.6 is 11.6 Å². The number of carbonyl (C=O) groups is 4. The fourth-order valence-corrected chi connectivity index (χ4v) is 6.79. The molecule has 0 saturated carbocycles. The number of methoxy groups -OCH3 is 1. The van der Waals surface area contributed by atoms with Gasteiger partial charge in [0.15, 0.2) is 5.60 Å². The summed E-state index contributed by atoms with van der Waals surface area (Å²) in [6, 6.07) is 14.5. The average Bonchev–Trinajstić information content (AvgIpc) is 3.03. The predicted octanol–water partition coefficient (Wildman–Crippen LogP) is 6.04. The lowest BCUT2D eigenvalue weighted by atomic mass is 9.82. The molecule has 2 aromatic carbocycles. The van der Waals surface area contributed by atoms with Crippen molar-refractivity contribution in [2.45, 2.75) is 57.0 Å². The Morgan fingerprint density at radius 2 is 1.91 bits per heavy atom. The fraction of sp³-hybridized carbons (Fsp3) is 0.382. The Hall–Kier alpha value is -4.44. The van der Waals surface area contributed by atoms with Crippen LogP contribution in [-0.4, -0.2) is 54.0 Å². The monoisotopic (exact) mass is 630 g/mol. The third-order valence-electron chi connectivity index (χ3n) is 9.01. The van der Waals surface area contributed by atoms with Crippen LogP contribution in [0.15, 0.2) is 54.7 Å². The Morgan fingerprint density at radius 1 is 1.07 bits per heavy atom. The molecule has 1 aromatic heterocycles. The summed E-state index contributed by atoms with van der Waals surface area (Å²) in [5, 5.41) is 6.33. The molecule has 0 unspecified atom stereocenters. The van der Waals surface area contributed by atoms with Crippen LogP contribution in [0.3, 0.4) is 0 Å². The third kappa shape index (κ3) is 6.24. The molecule has 1 fully saturated rings. The van der Waals surface area contributed by atoms with E-state index in [9.17, 15) is 19.2 Å². The molecule has 1 spiro atoms. The Morgan fingerprint density at radius 3 is 2.73 bits per heavy atom. The molecule has 3 atom stereocenters. The van der Waals surface area contributed by atoms with Crippen LogP contribution in [0.4, 0.5) is 16.2 Å². The summed E-state index contributed by atoms with van der Waals surface area (Å²) < 4.78 is 10.8. The lowest BCUT2D eigenvalue weighted by Crippen LogP contribution is -2.54. The van der Waals surface area contributed by atoms with E-state index < -0.39 is 17.6 Å². The second-order valence-electron chi connectivity index (χ2n) is 12.0. The van der Waals surface area contributed by atoms with Gasteiger partial charge in [-0.1, -0.05) is 37.1 Å². The van der Waals surface area contributed by atoms with E-state index in [0.717, 1.165) is 16.7 Å². The van der Waals surface area contributed by atoms with Crippen LogP contribution in [0, 0.1) is 5.92 Å². The Bertz CT molecular complexity index is 1680. The molecule has 3 aliphatic heterocycles. The summed E-state index contributed by atoms with van der Waals surface area (Å²) >= 11 is 6.35. The maximum absolute atomic E-state index is 14.4. The number of piperidine rings is 1. The lowest BCUT2D eigenvalue weighted by molar-refractivity contribution is -0.141. The topological polar surface area (TPSA) is 127 Å². The first kappa shape index (κ1) is 30.6. The van der Waals surface area contributed by atoms with E-state index in [0.29, 0.717) is 66.3 Å². The minimum atomic E-state index is -1.01. The molecular formula is C34H35ClN4O6. The molecule has 45 heavy (non-hydrogen) atoms. The van der Waals surface area contributed by atoms with Gasteiger partial charge < -0.3 is 19.7 Å². The van der Waals surface area contributed by atoms with Crippen molar-refractivity contribution in [3.8, 4) is 11.1 Å². The number of halogens is 1. The van der Waals surface area contributed by atoms with E-state index in [1.165, 1.54) is 7.11 Å². The highest BCUT2D eigenvalue weighted by atomic mass is 35.5. The number of likely N-dealkylation sites (tertiary alicyclic amines) is 1. The zero-order valence-corrected chi connectivity index (χ0v) is 26.0. The van der Waals surface area contributed by atoms with E-state index in [4.69, 9.17) is 21.1 Å². The SMILES string of the molecule is COC(=O)Cc1ccc2c(c1)NC(=O)[C@@H](C)CCC[C@@H](C(=O)N1CCC[C@@]3(C1)OC(=O)Nc1ccc(Cl)cc13)c1cc-2ccn1. The molecule has 0 radical (unpaired) electrons. The highest BCUT2D eigenvalue weighted by molar-refractivity contribution is 6.30. The second kappa shape index (κ2) is 12.5. The van der Waals surface area contributed by atoms with Gasteiger partial charge >= 0.3 is 12.1 Å². The zero-order valence-electron chi connectivity index (χ0n) is 25.2. The minimum Gasteiger partial charge on any atom is -0.469 e. The fourth-order valence-electron chi connectivity index (χ4n) is 6.62. The lowest BCUT2D eigenvalue weighted by Gasteiger charge is -2.45. The molecule has 234 valence electrons. The summed E-state index contributed by atoms with van der Waals surface area (Å²) in [4.78, 5) is 58.7. The smallest absolute Gasteiger partial charge is 0.412 e. The van der Waals surface area contributed by atoms with Crippen LogP contribution in [0.1, 0.15) is 61.8 Å². The van der Waals surface area contributed by atoms with Crippen LogP contribution in [0.5, 0.6) is 0 Å². The largest absolute Gasteiger partial charge is 0.469 e. The van der Waals surface area contributed by atoms with Crippen LogP contribution in [0.2, 0.25) is 5.02 Å². The van der Waals surface area contributed by atoms with E-state index in [1.54, 1.807) is 35.4 Å². The van der Waals surface area contributed by atoms with Crippen molar-refractivity contribution >= 4 is 46.9 Å². The molecule has 0 aliphatic carbocycles. The number of rotatable bonds is 3. The van der Waals surface area contributed by atoms with Gasteiger partial charge in [0.1, 0.15) is 0 Å². The normalized spacial score (nSPS) is 22.9. The summed E-state index contributed by atoms with van der Waals surface area (Å²) in [6.07, 6.45) is 4.12. The number of fused-ring (bicyclic) bond motifs is 6. The van der Waals surface area contributed by atoms with Gasteiger partial charge in [0.25, 0.3) is 0 Å². The number of esters is 1. The molecule has 4 heterocycles. The van der Waals surface area contributed by atoms with E-state index >= 15 is 0 Å². The van der Waals surface area contributed by atoms with Gasteiger partial charge in [0.2, 0.25) is 11.8 Å². The molecule has 3 aliphatic rings. The molecular weight excluding hydrogens is 596 g/mol. The number of ether oxygens (including phenoxy) is 2. The van der Waals surface area contributed by atoms with Crippen molar-refractivity contribution in [2.75, 3.05) is 30.8 Å². The number of anilines is 2. The minimum absolute atomic E-state index is 0.0761. The van der Waals surface area contributed by atoms with Gasteiger partial charge in [-0.25, -0.2) is 4.79 Å². The molecule has 10 nitrogen and oxygen atoms in total. The van der Waals surface area contributed by atoms with Gasteiger partial charge in [-0.05, 0) is 73.2 Å². The van der Waals surface area contributed by atoms with Gasteiger partial charge in [-0.2, -0.15) is 0 Å². The molecule has 11 heteroatoms. The maximum atomic E-state index is 14.4. The number of carbonyl (C=O) groups excluding carboxylic acids is 4. The molecule has 1 saturated heterocycles. The van der Waals surface area contributed by atoms with E-state index in [2.05, 4.69) is 15.6 Å². The quantitative estimate of drug-likeness (QED) is 0.338. The Labute approximate surface area is 266 Å². The maximum Gasteiger partial charge on any atom is 0.412 e. The van der Waals surface area contributed by atoms with Crippen molar-refractivity contribution in [2.24, 2.45) is 5.92 Å². The number of aromatic nitrogens is 1. The molecule has 3 aromatic rings. The van der Waals surface area contributed by atoms with E-state index in [-0.39, 0.29) is 36.7 Å². The van der Waals surface area contributed by atoms with Crippen LogP contribution in [0.25, 0.3) is 11.1 Å². The summed E-state index contributed by atoms with van der Waals surface area (Å²) in [5.41, 5.74) is 3.85. The number of hydrogen-bond donors (Lipinski definition) is 2. The highest BCUT2D eigenvalue weighted by Crippen LogP contribution is 2.44. The van der Waals surface area contributed by atoms with Crippen LogP contribution in [-0.2, 0) is 35.9 Å². The van der Waals surface area contributed by atoms with Gasteiger partial charge in [-0.3, -0.25) is 24.7 Å². The number of benzene rings is 2. The second-order valence-corrected chi connectivity index (χ2v) is 12.5. The number of nitrogens with zero attached hydrogens (tertiary/aromatic N) is 2. The van der Waals surface area contributed by atoms with Crippen molar-refractivity contribution in [3.05, 3.63) is 76.6 Å². The first-order valence-electron chi connectivity index (χ1n) is 15.2. The number of nitrogens with one attached hydrogen (secondary N) is 2. The number of amides is 3. The van der Waals surface area contributed by atoms with Crippen molar-refractivity contribution in [1.29, 1.82) is 0 Å². The van der Waals surface area contributed by atoms with Crippen molar-refractivity contribution in [3.63, 3.8) is 0 Å². The number of hydrogen-bond acceptors (Lipinski definition) is 7. The first-order chi connectivity index (χ1) is 21.7. The molecule has 6 rings (SSSR count). The van der Waals surface area contributed by atoms with E-state index in [1.807, 2.05) is 31.2 Å². The predicted molar refractivity (Wildman–Crippen MR) is 169 cm³/mol. The number of pyridine rings is 1. The van der Waals surface area contributed by atoms with Crippen molar-refractivity contribution < 1.29 is 28.7 Å².